The molecular formula is C13H15NO2. The predicted molar refractivity (Wildman–Crippen MR) is 62.5 cm³/mol. The minimum atomic E-state index is 0.158. The Bertz CT molecular complexity index is 526. The highest BCUT2D eigenvalue weighted by molar-refractivity contribution is 5.98. The van der Waals surface area contributed by atoms with E-state index in [2.05, 4.69) is 4.98 Å². The van der Waals surface area contributed by atoms with E-state index in [-0.39, 0.29) is 5.78 Å². The van der Waals surface area contributed by atoms with Gasteiger partial charge in [0.1, 0.15) is 5.52 Å². The van der Waals surface area contributed by atoms with Gasteiger partial charge in [-0.25, -0.2) is 4.98 Å². The fourth-order valence-electron chi connectivity index (χ4n) is 1.70. The van der Waals surface area contributed by atoms with Crippen LogP contribution in [0.2, 0.25) is 0 Å². The smallest absolute Gasteiger partial charge is 0.192 e. The number of hydrogen-bond acceptors (Lipinski definition) is 3. The van der Waals surface area contributed by atoms with Crippen LogP contribution in [0.15, 0.2) is 22.6 Å². The molecule has 0 unspecified atom stereocenters. The number of oxazole rings is 1. The highest BCUT2D eigenvalue weighted by Crippen LogP contribution is 2.18. The van der Waals surface area contributed by atoms with Crippen LogP contribution in [0.4, 0.5) is 0 Å². The number of aromatic nitrogens is 1. The van der Waals surface area contributed by atoms with Crippen LogP contribution in [-0.2, 0) is 0 Å². The topological polar surface area (TPSA) is 43.1 Å². The minimum Gasteiger partial charge on any atom is -0.441 e. The van der Waals surface area contributed by atoms with Gasteiger partial charge in [0.15, 0.2) is 17.3 Å². The average Bonchev–Trinajstić information content (AvgIpc) is 2.55. The first-order valence-corrected chi connectivity index (χ1v) is 5.46. The van der Waals surface area contributed by atoms with Crippen LogP contribution in [0.5, 0.6) is 0 Å². The molecule has 16 heavy (non-hydrogen) atoms. The fourth-order valence-corrected chi connectivity index (χ4v) is 1.70. The summed E-state index contributed by atoms with van der Waals surface area (Å²) in [6.45, 7) is 5.87. The minimum absolute atomic E-state index is 0.158. The van der Waals surface area contributed by atoms with E-state index < -0.39 is 0 Å². The largest absolute Gasteiger partial charge is 0.441 e. The van der Waals surface area contributed by atoms with Crippen LogP contribution in [0, 0.1) is 12.8 Å². The maximum atomic E-state index is 11.8. The van der Waals surface area contributed by atoms with Crippen molar-refractivity contribution >= 4 is 16.9 Å². The summed E-state index contributed by atoms with van der Waals surface area (Å²) >= 11 is 0. The molecule has 0 saturated carbocycles. The molecule has 0 aliphatic carbocycles. The molecule has 0 spiro atoms. The number of Topliss-reactive ketones (excluding diaryl/α,β-unsaturated/α-hetero) is 1. The molecule has 0 aliphatic heterocycles. The third kappa shape index (κ3) is 2.13. The van der Waals surface area contributed by atoms with Crippen LogP contribution in [0.3, 0.4) is 0 Å². The van der Waals surface area contributed by atoms with Crippen molar-refractivity contribution in [2.24, 2.45) is 5.92 Å². The zero-order valence-electron chi connectivity index (χ0n) is 9.78. The van der Waals surface area contributed by atoms with Gasteiger partial charge in [-0.2, -0.15) is 0 Å². The molecule has 3 heteroatoms. The Kier molecular flexibility index (Phi) is 2.77. The summed E-state index contributed by atoms with van der Waals surface area (Å²) in [6.07, 6.45) is 0.568. The van der Waals surface area contributed by atoms with E-state index in [4.69, 9.17) is 4.42 Å². The maximum absolute atomic E-state index is 11.8. The first-order chi connectivity index (χ1) is 7.56. The van der Waals surface area contributed by atoms with E-state index in [1.165, 1.54) is 0 Å². The Labute approximate surface area is 94.5 Å². The standard InChI is InChI=1S/C13H15NO2/c1-8(2)6-12(15)10-4-5-11-13(7-10)16-9(3)14-11/h4-5,7-8H,6H2,1-3H3. The maximum Gasteiger partial charge on any atom is 0.192 e. The molecule has 3 nitrogen and oxygen atoms in total. The number of hydrogen-bond donors (Lipinski definition) is 0. The molecule has 0 aliphatic rings. The van der Waals surface area contributed by atoms with Gasteiger partial charge in [0.25, 0.3) is 0 Å². The normalized spacial score (nSPS) is 11.2. The van der Waals surface area contributed by atoms with Crippen LogP contribution < -0.4 is 0 Å². The van der Waals surface area contributed by atoms with Gasteiger partial charge in [-0.05, 0) is 24.1 Å². The molecule has 1 heterocycles. The third-order valence-electron chi connectivity index (χ3n) is 2.41. The Morgan fingerprint density at radius 2 is 2.19 bits per heavy atom. The Morgan fingerprint density at radius 3 is 2.88 bits per heavy atom. The van der Waals surface area contributed by atoms with Gasteiger partial charge in [0, 0.05) is 18.9 Å². The monoisotopic (exact) mass is 217 g/mol. The summed E-state index contributed by atoms with van der Waals surface area (Å²) in [6, 6.07) is 5.43. The molecule has 0 fully saturated rings. The first-order valence-electron chi connectivity index (χ1n) is 5.46. The van der Waals surface area contributed by atoms with Crippen LogP contribution in [0.1, 0.15) is 36.5 Å². The van der Waals surface area contributed by atoms with Gasteiger partial charge in [-0.3, -0.25) is 4.79 Å². The van der Waals surface area contributed by atoms with Crippen LogP contribution in [0.25, 0.3) is 11.1 Å². The molecule has 2 rings (SSSR count). The van der Waals surface area contributed by atoms with Crippen molar-refractivity contribution in [2.75, 3.05) is 0 Å². The van der Waals surface area contributed by atoms with E-state index in [1.54, 1.807) is 13.0 Å². The summed E-state index contributed by atoms with van der Waals surface area (Å²) in [7, 11) is 0. The van der Waals surface area contributed by atoms with Crippen molar-refractivity contribution in [2.45, 2.75) is 27.2 Å². The Morgan fingerprint density at radius 1 is 1.44 bits per heavy atom. The number of rotatable bonds is 3. The fraction of sp³-hybridized carbons (Fsp3) is 0.385. The van der Waals surface area contributed by atoms with E-state index in [0.29, 0.717) is 29.4 Å². The number of carbonyl (C=O) groups excluding carboxylic acids is 1. The quantitative estimate of drug-likeness (QED) is 0.740. The second-order valence-electron chi connectivity index (χ2n) is 4.44. The predicted octanol–water partition coefficient (Wildman–Crippen LogP) is 3.37. The van der Waals surface area contributed by atoms with Crippen molar-refractivity contribution < 1.29 is 9.21 Å². The third-order valence-corrected chi connectivity index (χ3v) is 2.41. The first kappa shape index (κ1) is 10.9. The lowest BCUT2D eigenvalue weighted by Crippen LogP contribution is -2.02. The number of ketones is 1. The molecule has 0 radical (unpaired) electrons. The number of nitrogens with zero attached hydrogens (tertiary/aromatic N) is 1. The van der Waals surface area contributed by atoms with Crippen molar-refractivity contribution in [1.82, 2.24) is 4.98 Å². The van der Waals surface area contributed by atoms with Crippen LogP contribution >= 0.6 is 0 Å². The zero-order chi connectivity index (χ0) is 11.7. The summed E-state index contributed by atoms with van der Waals surface area (Å²) < 4.78 is 5.40. The Balaban J connectivity index is 2.35. The number of aryl methyl sites for hydroxylation is 1. The SMILES string of the molecule is Cc1nc2ccc(C(=O)CC(C)C)cc2o1. The number of carbonyl (C=O) groups is 1. The van der Waals surface area contributed by atoms with Gasteiger partial charge < -0.3 is 4.42 Å². The molecule has 2 aromatic rings. The molecule has 1 aromatic carbocycles. The summed E-state index contributed by atoms with van der Waals surface area (Å²) in [5.41, 5.74) is 2.20. The molecule has 0 amide bonds. The highest BCUT2D eigenvalue weighted by atomic mass is 16.3. The average molecular weight is 217 g/mol. The van der Waals surface area contributed by atoms with E-state index in [1.807, 2.05) is 26.0 Å². The van der Waals surface area contributed by atoms with Gasteiger partial charge >= 0.3 is 0 Å². The number of fused-ring (bicyclic) bond motifs is 1. The lowest BCUT2D eigenvalue weighted by Gasteiger charge is -2.03. The van der Waals surface area contributed by atoms with Gasteiger partial charge in [0.05, 0.1) is 0 Å². The van der Waals surface area contributed by atoms with Crippen LogP contribution in [-0.4, -0.2) is 10.8 Å². The summed E-state index contributed by atoms with van der Waals surface area (Å²) in [5.74, 6) is 1.16. The van der Waals surface area contributed by atoms with E-state index >= 15 is 0 Å². The van der Waals surface area contributed by atoms with Crippen molar-refractivity contribution in [3.8, 4) is 0 Å². The lowest BCUT2D eigenvalue weighted by atomic mass is 10.0. The van der Waals surface area contributed by atoms with Gasteiger partial charge in [-0.1, -0.05) is 13.8 Å². The summed E-state index contributed by atoms with van der Waals surface area (Å²) in [4.78, 5) is 16.0. The molecule has 1 aromatic heterocycles. The second-order valence-corrected chi connectivity index (χ2v) is 4.44. The van der Waals surface area contributed by atoms with Crippen molar-refractivity contribution in [3.63, 3.8) is 0 Å². The summed E-state index contributed by atoms with van der Waals surface area (Å²) in [5, 5.41) is 0. The molecule has 0 N–H and O–H groups in total. The second kappa shape index (κ2) is 4.08. The molecule has 84 valence electrons. The van der Waals surface area contributed by atoms with Gasteiger partial charge in [0.2, 0.25) is 0 Å². The van der Waals surface area contributed by atoms with E-state index in [0.717, 1.165) is 5.52 Å². The van der Waals surface area contributed by atoms with Crippen molar-refractivity contribution in [1.29, 1.82) is 0 Å². The van der Waals surface area contributed by atoms with Crippen molar-refractivity contribution in [3.05, 3.63) is 29.7 Å². The van der Waals surface area contributed by atoms with Gasteiger partial charge in [-0.15, -0.1) is 0 Å². The molecule has 0 saturated heterocycles. The number of benzene rings is 1. The Hall–Kier alpha value is -1.64. The highest BCUT2D eigenvalue weighted by Gasteiger charge is 2.10. The zero-order valence-corrected chi connectivity index (χ0v) is 9.78. The van der Waals surface area contributed by atoms with E-state index in [9.17, 15) is 4.79 Å². The molecular weight excluding hydrogens is 202 g/mol. The lowest BCUT2D eigenvalue weighted by molar-refractivity contribution is 0.0968. The molecule has 0 bridgehead atoms. The molecule has 0 atom stereocenters.